The van der Waals surface area contributed by atoms with Crippen LogP contribution in [0.15, 0.2) is 35.0 Å². The maximum absolute atomic E-state index is 11.8. The van der Waals surface area contributed by atoms with Crippen molar-refractivity contribution in [3.8, 4) is 11.6 Å². The molecule has 0 saturated carbocycles. The molecule has 3 aromatic rings. The Kier molecular flexibility index (Phi) is 4.22. The molecule has 128 valence electrons. The van der Waals surface area contributed by atoms with Gasteiger partial charge in [0.15, 0.2) is 5.78 Å². The quantitative estimate of drug-likeness (QED) is 0.678. The SMILES string of the molecule is CC(=O)c1cc(Oc2cnc(C(=O)N(C)C)cn2)c2cc(C)oc2c1. The summed E-state index contributed by atoms with van der Waals surface area (Å²) in [6.07, 6.45) is 2.72. The summed E-state index contributed by atoms with van der Waals surface area (Å²) in [5, 5.41) is 0.734. The van der Waals surface area contributed by atoms with Gasteiger partial charge in [0.1, 0.15) is 22.8 Å². The highest BCUT2D eigenvalue weighted by Gasteiger charge is 2.15. The molecule has 0 aliphatic heterocycles. The van der Waals surface area contributed by atoms with Gasteiger partial charge in [-0.1, -0.05) is 0 Å². The number of ketones is 1. The predicted octanol–water partition coefficient (Wildman–Crippen LogP) is 3.23. The molecule has 0 N–H and O–H groups in total. The van der Waals surface area contributed by atoms with Gasteiger partial charge in [-0.2, -0.15) is 0 Å². The van der Waals surface area contributed by atoms with Crippen molar-refractivity contribution >= 4 is 22.7 Å². The van der Waals surface area contributed by atoms with E-state index < -0.39 is 0 Å². The number of hydrogen-bond donors (Lipinski definition) is 0. The van der Waals surface area contributed by atoms with E-state index in [0.717, 1.165) is 5.39 Å². The number of carbonyl (C=O) groups is 2. The number of Topliss-reactive ketones (excluding diaryl/α,β-unsaturated/α-hetero) is 1. The average Bonchev–Trinajstić information content (AvgIpc) is 2.95. The third kappa shape index (κ3) is 3.35. The van der Waals surface area contributed by atoms with Crippen LogP contribution in [0.4, 0.5) is 0 Å². The van der Waals surface area contributed by atoms with Gasteiger partial charge in [-0.15, -0.1) is 0 Å². The molecular weight excluding hydrogens is 322 g/mol. The molecule has 0 radical (unpaired) electrons. The van der Waals surface area contributed by atoms with Gasteiger partial charge in [-0.25, -0.2) is 9.97 Å². The lowest BCUT2D eigenvalue weighted by Crippen LogP contribution is -2.22. The molecule has 2 aromatic heterocycles. The second kappa shape index (κ2) is 6.35. The van der Waals surface area contributed by atoms with Crippen molar-refractivity contribution in [3.63, 3.8) is 0 Å². The summed E-state index contributed by atoms with van der Waals surface area (Å²) in [6, 6.07) is 5.15. The first-order chi connectivity index (χ1) is 11.8. The normalized spacial score (nSPS) is 10.7. The van der Waals surface area contributed by atoms with Crippen LogP contribution in [0.25, 0.3) is 11.0 Å². The number of rotatable bonds is 4. The molecule has 0 aliphatic rings. The van der Waals surface area contributed by atoms with Crippen LogP contribution in [0.1, 0.15) is 33.5 Å². The Morgan fingerprint density at radius 1 is 1.12 bits per heavy atom. The molecule has 2 heterocycles. The molecule has 0 fully saturated rings. The van der Waals surface area contributed by atoms with Crippen LogP contribution < -0.4 is 4.74 Å². The highest BCUT2D eigenvalue weighted by molar-refractivity contribution is 5.99. The van der Waals surface area contributed by atoms with E-state index in [9.17, 15) is 9.59 Å². The number of furan rings is 1. The van der Waals surface area contributed by atoms with E-state index in [2.05, 4.69) is 9.97 Å². The monoisotopic (exact) mass is 339 g/mol. The van der Waals surface area contributed by atoms with E-state index in [1.165, 1.54) is 24.2 Å². The fourth-order valence-corrected chi connectivity index (χ4v) is 2.34. The first-order valence-electron chi connectivity index (χ1n) is 7.62. The fraction of sp³-hybridized carbons (Fsp3) is 0.222. The summed E-state index contributed by atoms with van der Waals surface area (Å²) < 4.78 is 11.4. The molecule has 0 aliphatic carbocycles. The maximum Gasteiger partial charge on any atom is 0.273 e. The van der Waals surface area contributed by atoms with Crippen LogP contribution in [0.3, 0.4) is 0 Å². The van der Waals surface area contributed by atoms with Gasteiger partial charge in [-0.05, 0) is 32.0 Å². The van der Waals surface area contributed by atoms with Crippen molar-refractivity contribution in [1.82, 2.24) is 14.9 Å². The first kappa shape index (κ1) is 16.6. The smallest absolute Gasteiger partial charge is 0.273 e. The Labute approximate surface area is 144 Å². The Morgan fingerprint density at radius 3 is 2.48 bits per heavy atom. The molecule has 25 heavy (non-hydrogen) atoms. The Balaban J connectivity index is 1.97. The van der Waals surface area contributed by atoms with E-state index in [0.29, 0.717) is 22.7 Å². The third-order valence-corrected chi connectivity index (χ3v) is 3.60. The van der Waals surface area contributed by atoms with Gasteiger partial charge in [0.05, 0.1) is 17.8 Å². The van der Waals surface area contributed by atoms with E-state index in [1.807, 2.05) is 13.0 Å². The second-order valence-electron chi connectivity index (χ2n) is 5.84. The van der Waals surface area contributed by atoms with Crippen LogP contribution in [0, 0.1) is 6.92 Å². The summed E-state index contributed by atoms with van der Waals surface area (Å²) in [5.41, 5.74) is 1.26. The topological polar surface area (TPSA) is 85.5 Å². The van der Waals surface area contributed by atoms with E-state index in [4.69, 9.17) is 9.15 Å². The summed E-state index contributed by atoms with van der Waals surface area (Å²) in [7, 11) is 3.28. The minimum Gasteiger partial charge on any atom is -0.461 e. The molecule has 1 amide bonds. The number of aryl methyl sites for hydroxylation is 1. The van der Waals surface area contributed by atoms with Crippen LogP contribution in [-0.4, -0.2) is 40.7 Å². The second-order valence-corrected chi connectivity index (χ2v) is 5.84. The molecule has 7 heteroatoms. The molecule has 0 spiro atoms. The van der Waals surface area contributed by atoms with Gasteiger partial charge in [-0.3, -0.25) is 9.59 Å². The Hall–Kier alpha value is -3.22. The minimum atomic E-state index is -0.245. The Morgan fingerprint density at radius 2 is 1.88 bits per heavy atom. The lowest BCUT2D eigenvalue weighted by atomic mass is 10.1. The lowest BCUT2D eigenvalue weighted by molar-refractivity contribution is 0.0821. The minimum absolute atomic E-state index is 0.0983. The molecule has 0 bridgehead atoms. The summed E-state index contributed by atoms with van der Waals surface area (Å²) in [4.78, 5) is 33.2. The summed E-state index contributed by atoms with van der Waals surface area (Å²) in [5.74, 6) is 1.03. The number of amides is 1. The number of hydrogen-bond acceptors (Lipinski definition) is 6. The van der Waals surface area contributed by atoms with Crippen LogP contribution in [0.5, 0.6) is 11.6 Å². The molecule has 7 nitrogen and oxygen atoms in total. The van der Waals surface area contributed by atoms with Gasteiger partial charge < -0.3 is 14.1 Å². The molecule has 0 saturated heterocycles. The summed E-state index contributed by atoms with van der Waals surface area (Å²) in [6.45, 7) is 3.29. The van der Waals surface area contributed by atoms with Crippen molar-refractivity contribution in [1.29, 1.82) is 0 Å². The molecule has 0 unspecified atom stereocenters. The van der Waals surface area contributed by atoms with Crippen LogP contribution >= 0.6 is 0 Å². The zero-order valence-electron chi connectivity index (χ0n) is 14.4. The van der Waals surface area contributed by atoms with Crippen LogP contribution in [-0.2, 0) is 0 Å². The number of fused-ring (bicyclic) bond motifs is 1. The van der Waals surface area contributed by atoms with Crippen molar-refractivity contribution in [3.05, 3.63) is 47.6 Å². The largest absolute Gasteiger partial charge is 0.461 e. The fourth-order valence-electron chi connectivity index (χ4n) is 2.34. The number of nitrogens with zero attached hydrogens (tertiary/aromatic N) is 3. The standard InChI is InChI=1S/C18H17N3O4/c1-10-5-13-15(24-10)6-12(11(2)22)7-16(13)25-17-9-19-14(8-20-17)18(23)21(3)4/h5-9H,1-4H3. The molecule has 3 rings (SSSR count). The van der Waals surface area contributed by atoms with Crippen LogP contribution in [0.2, 0.25) is 0 Å². The van der Waals surface area contributed by atoms with E-state index >= 15 is 0 Å². The highest BCUT2D eigenvalue weighted by atomic mass is 16.5. The van der Waals surface area contributed by atoms with E-state index in [1.54, 1.807) is 26.2 Å². The van der Waals surface area contributed by atoms with Gasteiger partial charge >= 0.3 is 0 Å². The van der Waals surface area contributed by atoms with Gasteiger partial charge in [0.25, 0.3) is 5.91 Å². The number of ether oxygens (including phenoxy) is 1. The molecule has 0 atom stereocenters. The van der Waals surface area contributed by atoms with Crippen molar-refractivity contribution in [2.75, 3.05) is 14.1 Å². The molecular formula is C18H17N3O4. The van der Waals surface area contributed by atoms with Crippen molar-refractivity contribution in [2.24, 2.45) is 0 Å². The number of aromatic nitrogens is 2. The molecule has 1 aromatic carbocycles. The van der Waals surface area contributed by atoms with Gasteiger partial charge in [0.2, 0.25) is 5.88 Å². The third-order valence-electron chi connectivity index (χ3n) is 3.60. The van der Waals surface area contributed by atoms with Crippen molar-refractivity contribution < 1.29 is 18.7 Å². The summed E-state index contributed by atoms with van der Waals surface area (Å²) >= 11 is 0. The highest BCUT2D eigenvalue weighted by Crippen LogP contribution is 2.33. The van der Waals surface area contributed by atoms with Gasteiger partial charge in [0, 0.05) is 19.7 Å². The first-order valence-corrected chi connectivity index (χ1v) is 7.62. The lowest BCUT2D eigenvalue weighted by Gasteiger charge is -2.10. The van der Waals surface area contributed by atoms with E-state index in [-0.39, 0.29) is 23.3 Å². The van der Waals surface area contributed by atoms with Crippen molar-refractivity contribution in [2.45, 2.75) is 13.8 Å². The number of benzene rings is 1. The zero-order valence-corrected chi connectivity index (χ0v) is 14.4. The zero-order chi connectivity index (χ0) is 18.1. The maximum atomic E-state index is 11.8. The predicted molar refractivity (Wildman–Crippen MR) is 91.1 cm³/mol. The number of carbonyl (C=O) groups excluding carboxylic acids is 2. The Bertz CT molecular complexity index is 958. The average molecular weight is 339 g/mol.